The van der Waals surface area contributed by atoms with E-state index in [0.717, 1.165) is 0 Å². The molecule has 0 nitrogen and oxygen atoms in total. The summed E-state index contributed by atoms with van der Waals surface area (Å²) in [5.74, 6) is 0.456. The van der Waals surface area contributed by atoms with Gasteiger partial charge in [-0.2, -0.15) is 0 Å². The topological polar surface area (TPSA) is 0 Å². The van der Waals surface area contributed by atoms with Crippen molar-refractivity contribution in [2.45, 2.75) is 96.6 Å². The van der Waals surface area contributed by atoms with Crippen molar-refractivity contribution in [1.82, 2.24) is 0 Å². The Labute approximate surface area is 311 Å². The Morgan fingerprint density at radius 2 is 1.10 bits per heavy atom. The average molecular weight is 773 g/mol. The molecule has 4 aromatic rings. The molecule has 2 aliphatic carbocycles. The van der Waals surface area contributed by atoms with Crippen LogP contribution >= 0.6 is 24.8 Å². The SMILES string of the molecule is Cl.Cl.[CH2]=[Zr]([CH3])([CH3])([CH]1C(C(C)C)=Cc2c(-c3ccc(C(C)(C)C)cc3)cccc21)[CH]1C(C)=Cc2c(-c3ccc(C(C)(C)C)cc3)ccc(C)c21. The predicted octanol–water partition coefficient (Wildman–Crippen LogP) is 14.2. The summed E-state index contributed by atoms with van der Waals surface area (Å²) < 4.78 is 11.6. The molecule has 0 saturated carbocycles. The first-order chi connectivity index (χ1) is 21.8. The van der Waals surface area contributed by atoms with Crippen LogP contribution < -0.4 is 0 Å². The van der Waals surface area contributed by atoms with Crippen LogP contribution in [0, 0.1) is 12.8 Å². The first-order valence-corrected chi connectivity index (χ1v) is 27.2. The van der Waals surface area contributed by atoms with Crippen molar-refractivity contribution in [3.05, 3.63) is 129 Å². The molecule has 0 aliphatic heterocycles. The van der Waals surface area contributed by atoms with Gasteiger partial charge in [0.25, 0.3) is 0 Å². The van der Waals surface area contributed by atoms with Gasteiger partial charge in [0.2, 0.25) is 0 Å². The maximum absolute atomic E-state index is 5.50. The van der Waals surface area contributed by atoms with E-state index in [1.54, 1.807) is 5.57 Å². The van der Waals surface area contributed by atoms with Crippen molar-refractivity contribution in [2.24, 2.45) is 5.92 Å². The van der Waals surface area contributed by atoms with Crippen molar-refractivity contribution in [3.8, 4) is 22.3 Å². The Balaban J connectivity index is 0.00000270. The molecule has 260 valence electrons. The first-order valence-electron chi connectivity index (χ1n) is 17.7. The molecule has 2 aliphatic rings. The average Bonchev–Trinajstić information content (AvgIpc) is 3.57. The fourth-order valence-corrected chi connectivity index (χ4v) is 23.8. The van der Waals surface area contributed by atoms with Gasteiger partial charge in [-0.25, -0.2) is 0 Å². The molecule has 0 bridgehead atoms. The van der Waals surface area contributed by atoms with E-state index in [-0.39, 0.29) is 35.6 Å². The minimum atomic E-state index is -3.99. The van der Waals surface area contributed by atoms with Gasteiger partial charge < -0.3 is 0 Å². The van der Waals surface area contributed by atoms with Gasteiger partial charge in [-0.3, -0.25) is 0 Å². The first kappa shape index (κ1) is 39.5. The van der Waals surface area contributed by atoms with Crippen LogP contribution in [-0.4, -0.2) is 4.21 Å². The van der Waals surface area contributed by atoms with E-state index in [2.05, 4.69) is 170 Å². The van der Waals surface area contributed by atoms with Crippen LogP contribution in [0.4, 0.5) is 0 Å². The standard InChI is InChI=1S/C22H25.C21H23.2CH3.CH2.2ClH.Zr/c1-15(2)18-13-17-7-6-8-20(21(17)14-18)16-9-11-19(12-10-16)22(3,4)5;1-14-12-19-15(2)6-11-18(20(19)13-14)16-7-9-17(10-8-16)21(3,4)5;;;;;;/h6-15H,1-5H3;6-13H,1-5H3;2*1H3;1H2;2*1H;. The van der Waals surface area contributed by atoms with Crippen molar-refractivity contribution in [1.29, 1.82) is 0 Å². The van der Waals surface area contributed by atoms with Crippen LogP contribution in [0.3, 0.4) is 0 Å². The van der Waals surface area contributed by atoms with Gasteiger partial charge in [0.1, 0.15) is 0 Å². The Bertz CT molecular complexity index is 2000. The summed E-state index contributed by atoms with van der Waals surface area (Å²) in [6, 6.07) is 30.4. The molecule has 0 aromatic heterocycles. The summed E-state index contributed by atoms with van der Waals surface area (Å²) in [4.78, 5) is 0. The van der Waals surface area contributed by atoms with Gasteiger partial charge in [0.15, 0.2) is 0 Å². The summed E-state index contributed by atoms with van der Waals surface area (Å²) in [7, 11) is 0. The summed E-state index contributed by atoms with van der Waals surface area (Å²) in [5.41, 5.74) is 18.7. The Morgan fingerprint density at radius 1 is 0.612 bits per heavy atom. The van der Waals surface area contributed by atoms with Crippen molar-refractivity contribution < 1.29 is 18.3 Å². The molecule has 6 rings (SSSR count). The Hall–Kier alpha value is -2.31. The molecule has 2 atom stereocenters. The number of benzene rings is 4. The molecule has 3 heteroatoms. The number of aryl methyl sites for hydroxylation is 1. The predicted molar refractivity (Wildman–Crippen MR) is 221 cm³/mol. The zero-order chi connectivity index (χ0) is 34.3. The molecular weight excluding hydrogens is 715 g/mol. The number of allylic oxidation sites excluding steroid dienone is 2. The molecule has 2 unspecified atom stereocenters. The maximum atomic E-state index is 5.50. The van der Waals surface area contributed by atoms with Gasteiger partial charge in [0.05, 0.1) is 0 Å². The van der Waals surface area contributed by atoms with Crippen molar-refractivity contribution in [3.63, 3.8) is 0 Å². The third-order valence-electron chi connectivity index (χ3n) is 11.4. The Morgan fingerprint density at radius 3 is 1.57 bits per heavy atom. The van der Waals surface area contributed by atoms with Crippen LogP contribution in [0.2, 0.25) is 9.26 Å². The second-order valence-corrected chi connectivity index (χ2v) is 35.5. The van der Waals surface area contributed by atoms with Gasteiger partial charge in [-0.1, -0.05) is 0 Å². The summed E-state index contributed by atoms with van der Waals surface area (Å²) >= 11 is -3.99. The van der Waals surface area contributed by atoms with E-state index in [4.69, 9.17) is 4.21 Å². The normalized spacial score (nSPS) is 17.5. The second kappa shape index (κ2) is 13.3. The molecule has 4 aromatic carbocycles. The molecule has 0 fully saturated rings. The van der Waals surface area contributed by atoms with Crippen LogP contribution in [0.5, 0.6) is 0 Å². The molecule has 0 amide bonds. The number of halogens is 2. The van der Waals surface area contributed by atoms with Crippen LogP contribution in [0.15, 0.2) is 90.0 Å². The van der Waals surface area contributed by atoms with Gasteiger partial charge in [-0.05, 0) is 0 Å². The van der Waals surface area contributed by atoms with E-state index in [0.29, 0.717) is 13.2 Å². The fraction of sp³-hybridized carbons (Fsp3) is 0.370. The third kappa shape index (κ3) is 6.87. The van der Waals surface area contributed by atoms with Gasteiger partial charge in [-0.15, -0.1) is 24.8 Å². The van der Waals surface area contributed by atoms with Crippen LogP contribution in [0.25, 0.3) is 34.4 Å². The number of hydrogen-bond acceptors (Lipinski definition) is 0. The van der Waals surface area contributed by atoms with Crippen molar-refractivity contribution in [2.75, 3.05) is 0 Å². The van der Waals surface area contributed by atoms with E-state index in [1.807, 2.05) is 0 Å². The molecule has 0 saturated heterocycles. The third-order valence-corrected chi connectivity index (χ3v) is 24.1. The summed E-state index contributed by atoms with van der Waals surface area (Å²) in [5, 5.41) is 0. The molecule has 0 N–H and O–H groups in total. The van der Waals surface area contributed by atoms with E-state index in [9.17, 15) is 0 Å². The molecular formula is C46H58Cl2Zr. The van der Waals surface area contributed by atoms with Gasteiger partial charge >= 0.3 is 288 Å². The van der Waals surface area contributed by atoms with E-state index >= 15 is 0 Å². The quantitative estimate of drug-likeness (QED) is 0.190. The fourth-order valence-electron chi connectivity index (χ4n) is 9.00. The number of rotatable bonds is 5. The Kier molecular flexibility index (Phi) is 10.8. The van der Waals surface area contributed by atoms with Crippen molar-refractivity contribution >= 4 is 41.2 Å². The van der Waals surface area contributed by atoms with Crippen LogP contribution in [-0.2, 0) is 29.1 Å². The van der Waals surface area contributed by atoms with E-state index < -0.39 is 18.3 Å². The molecule has 0 spiro atoms. The van der Waals surface area contributed by atoms with Crippen LogP contribution in [0.1, 0.15) is 109 Å². The molecule has 0 heterocycles. The molecule has 0 radical (unpaired) electrons. The van der Waals surface area contributed by atoms with Gasteiger partial charge in [0, 0.05) is 0 Å². The zero-order valence-electron chi connectivity index (χ0n) is 31.9. The second-order valence-electron chi connectivity index (χ2n) is 18.2. The zero-order valence-corrected chi connectivity index (χ0v) is 36.0. The molecule has 49 heavy (non-hydrogen) atoms. The number of hydrogen-bond donors (Lipinski definition) is 0. The summed E-state index contributed by atoms with van der Waals surface area (Å²) in [6.07, 6.45) is 5.09. The van der Waals surface area contributed by atoms with E-state index in [1.165, 1.54) is 66.8 Å². The number of fused-ring (bicyclic) bond motifs is 2. The minimum absolute atomic E-state index is 0. The summed E-state index contributed by atoms with van der Waals surface area (Å²) in [6.45, 7) is 23.2. The monoisotopic (exact) mass is 770 g/mol.